The zero-order valence-electron chi connectivity index (χ0n) is 17.6. The first kappa shape index (κ1) is 20.4. The van der Waals surface area contributed by atoms with E-state index in [1.54, 1.807) is 24.3 Å². The van der Waals surface area contributed by atoms with Crippen molar-refractivity contribution >= 4 is 5.95 Å². The number of nitrogens with zero attached hydrogens (tertiary/aromatic N) is 4. The van der Waals surface area contributed by atoms with E-state index >= 15 is 0 Å². The van der Waals surface area contributed by atoms with Gasteiger partial charge in [-0.15, -0.1) is 0 Å². The molecule has 5 rings (SSSR count). The number of aromatic nitrogens is 2. The SMILES string of the molecule is CCc1cnc(N2C[C@@H]3C(COc4c(F)cc(-c5ccc(C#N)cc5)cc4F)[C@@H]3C2)nc1. The van der Waals surface area contributed by atoms with E-state index in [0.29, 0.717) is 35.1 Å². The lowest BCUT2D eigenvalue weighted by atomic mass is 10.0. The molecule has 1 saturated heterocycles. The Morgan fingerprint density at radius 3 is 2.22 bits per heavy atom. The van der Waals surface area contributed by atoms with Crippen LogP contribution in [-0.2, 0) is 6.42 Å². The Labute approximate surface area is 185 Å². The van der Waals surface area contributed by atoms with Crippen LogP contribution in [-0.4, -0.2) is 29.7 Å². The molecule has 3 atom stereocenters. The van der Waals surface area contributed by atoms with E-state index < -0.39 is 11.6 Å². The lowest BCUT2D eigenvalue weighted by Crippen LogP contribution is -2.27. The van der Waals surface area contributed by atoms with Crippen LogP contribution in [0.2, 0.25) is 0 Å². The number of anilines is 1. The molecule has 2 fully saturated rings. The lowest BCUT2D eigenvalue weighted by molar-refractivity contribution is 0.257. The van der Waals surface area contributed by atoms with Gasteiger partial charge in [-0.2, -0.15) is 5.26 Å². The molecule has 162 valence electrons. The Hall–Kier alpha value is -3.53. The number of ether oxygens (including phenoxy) is 1. The highest BCUT2D eigenvalue weighted by atomic mass is 19.1. The van der Waals surface area contributed by atoms with Gasteiger partial charge in [0.25, 0.3) is 0 Å². The minimum atomic E-state index is -0.721. The topological polar surface area (TPSA) is 62.0 Å². The zero-order valence-corrected chi connectivity index (χ0v) is 17.6. The maximum Gasteiger partial charge on any atom is 0.225 e. The van der Waals surface area contributed by atoms with Crippen LogP contribution in [0.3, 0.4) is 0 Å². The average Bonchev–Trinajstić information content (AvgIpc) is 3.26. The fourth-order valence-electron chi connectivity index (χ4n) is 4.53. The zero-order chi connectivity index (χ0) is 22.2. The van der Waals surface area contributed by atoms with Crippen LogP contribution in [0.4, 0.5) is 14.7 Å². The van der Waals surface area contributed by atoms with Crippen LogP contribution < -0.4 is 9.64 Å². The summed E-state index contributed by atoms with van der Waals surface area (Å²) in [6.45, 7) is 4.04. The first-order valence-corrected chi connectivity index (χ1v) is 10.8. The van der Waals surface area contributed by atoms with E-state index in [4.69, 9.17) is 10.00 Å². The van der Waals surface area contributed by atoms with Crippen LogP contribution in [0, 0.1) is 40.7 Å². The van der Waals surface area contributed by atoms with E-state index in [9.17, 15) is 8.78 Å². The highest BCUT2D eigenvalue weighted by molar-refractivity contribution is 5.65. The molecule has 0 spiro atoms. The Bertz CT molecular complexity index is 1140. The quantitative estimate of drug-likeness (QED) is 0.569. The summed E-state index contributed by atoms with van der Waals surface area (Å²) in [5.74, 6) is 0.134. The van der Waals surface area contributed by atoms with E-state index in [2.05, 4.69) is 21.8 Å². The van der Waals surface area contributed by atoms with Crippen molar-refractivity contribution in [2.45, 2.75) is 13.3 Å². The van der Waals surface area contributed by atoms with Gasteiger partial charge in [0.15, 0.2) is 17.4 Å². The number of aryl methyl sites for hydroxylation is 1. The average molecular weight is 432 g/mol. The molecular formula is C25H22F2N4O. The summed E-state index contributed by atoms with van der Waals surface area (Å²) in [5, 5.41) is 8.89. The minimum Gasteiger partial charge on any atom is -0.487 e. The van der Waals surface area contributed by atoms with Gasteiger partial charge < -0.3 is 9.64 Å². The van der Waals surface area contributed by atoms with Crippen molar-refractivity contribution in [3.8, 4) is 22.9 Å². The summed E-state index contributed by atoms with van der Waals surface area (Å²) in [6.07, 6.45) is 4.63. The summed E-state index contributed by atoms with van der Waals surface area (Å²) in [5.41, 5.74) is 2.65. The number of piperidine rings is 1. The van der Waals surface area contributed by atoms with Crippen molar-refractivity contribution in [3.05, 3.63) is 71.6 Å². The number of rotatable bonds is 6. The molecule has 32 heavy (non-hydrogen) atoms. The van der Waals surface area contributed by atoms with Gasteiger partial charge in [0, 0.05) is 31.4 Å². The first-order chi connectivity index (χ1) is 15.6. The van der Waals surface area contributed by atoms with Crippen LogP contribution in [0.5, 0.6) is 5.75 Å². The third kappa shape index (κ3) is 3.77. The maximum atomic E-state index is 14.6. The largest absolute Gasteiger partial charge is 0.487 e. The second-order valence-corrected chi connectivity index (χ2v) is 8.41. The van der Waals surface area contributed by atoms with Gasteiger partial charge in [-0.25, -0.2) is 18.7 Å². The van der Waals surface area contributed by atoms with Gasteiger partial charge >= 0.3 is 0 Å². The molecule has 0 amide bonds. The van der Waals surface area contributed by atoms with Crippen LogP contribution >= 0.6 is 0 Å². The standard InChI is InChI=1S/C25H22F2N4O/c1-2-15-10-29-25(30-11-15)31-12-19-20(13-31)21(19)14-32-24-22(26)7-18(8-23(24)27)17-5-3-16(9-28)4-6-17/h3-8,10-11,19-21H,2,12-14H2,1H3/t19-,20+,21?. The van der Waals surface area contributed by atoms with Crippen LogP contribution in [0.25, 0.3) is 11.1 Å². The van der Waals surface area contributed by atoms with E-state index in [1.807, 2.05) is 18.5 Å². The third-order valence-electron chi connectivity index (χ3n) is 6.52. The molecule has 1 aliphatic carbocycles. The summed E-state index contributed by atoms with van der Waals surface area (Å²) in [7, 11) is 0. The van der Waals surface area contributed by atoms with Crippen molar-refractivity contribution < 1.29 is 13.5 Å². The summed E-state index contributed by atoms with van der Waals surface area (Å²) < 4.78 is 34.8. The predicted molar refractivity (Wildman–Crippen MR) is 116 cm³/mol. The Morgan fingerprint density at radius 1 is 1.03 bits per heavy atom. The number of hydrogen-bond acceptors (Lipinski definition) is 5. The molecule has 1 saturated carbocycles. The Kier molecular flexibility index (Phi) is 5.22. The van der Waals surface area contributed by atoms with E-state index in [0.717, 1.165) is 31.0 Å². The monoisotopic (exact) mass is 432 g/mol. The molecule has 3 aromatic rings. The molecule has 7 heteroatoms. The molecule has 1 aromatic heterocycles. The molecule has 2 aliphatic rings. The molecular weight excluding hydrogens is 410 g/mol. The smallest absolute Gasteiger partial charge is 0.225 e. The highest BCUT2D eigenvalue weighted by Crippen LogP contribution is 2.52. The number of nitriles is 1. The van der Waals surface area contributed by atoms with Gasteiger partial charge in [-0.3, -0.25) is 0 Å². The fraction of sp³-hybridized carbons (Fsp3) is 0.320. The van der Waals surface area contributed by atoms with Crippen LogP contribution in [0.1, 0.15) is 18.1 Å². The van der Waals surface area contributed by atoms with Crippen molar-refractivity contribution in [1.29, 1.82) is 5.26 Å². The Morgan fingerprint density at radius 2 is 1.66 bits per heavy atom. The van der Waals surface area contributed by atoms with Crippen molar-refractivity contribution in [2.24, 2.45) is 17.8 Å². The van der Waals surface area contributed by atoms with Gasteiger partial charge in [-0.05, 0) is 59.2 Å². The number of hydrogen-bond donors (Lipinski definition) is 0. The fourth-order valence-corrected chi connectivity index (χ4v) is 4.53. The molecule has 1 unspecified atom stereocenters. The van der Waals surface area contributed by atoms with Gasteiger partial charge in [-0.1, -0.05) is 19.1 Å². The predicted octanol–water partition coefficient (Wildman–Crippen LogP) is 4.62. The Balaban J connectivity index is 1.20. The van der Waals surface area contributed by atoms with Crippen molar-refractivity contribution in [1.82, 2.24) is 9.97 Å². The van der Waals surface area contributed by atoms with Crippen LogP contribution in [0.15, 0.2) is 48.8 Å². The van der Waals surface area contributed by atoms with Gasteiger partial charge in [0.2, 0.25) is 5.95 Å². The third-order valence-corrected chi connectivity index (χ3v) is 6.52. The number of halogens is 2. The van der Waals surface area contributed by atoms with Crippen molar-refractivity contribution in [2.75, 3.05) is 24.6 Å². The molecule has 2 aromatic carbocycles. The molecule has 2 heterocycles. The van der Waals surface area contributed by atoms with Gasteiger partial charge in [0.05, 0.1) is 18.2 Å². The normalized spacial score (nSPS) is 21.2. The molecule has 0 N–H and O–H groups in total. The number of fused-ring (bicyclic) bond motifs is 1. The first-order valence-electron chi connectivity index (χ1n) is 10.8. The summed E-state index contributed by atoms with van der Waals surface area (Å²) in [6, 6.07) is 11.1. The second-order valence-electron chi connectivity index (χ2n) is 8.41. The van der Waals surface area contributed by atoms with Crippen molar-refractivity contribution in [3.63, 3.8) is 0 Å². The molecule has 0 bridgehead atoms. The summed E-state index contributed by atoms with van der Waals surface area (Å²) in [4.78, 5) is 11.0. The van der Waals surface area contributed by atoms with Gasteiger partial charge in [0.1, 0.15) is 0 Å². The maximum absolute atomic E-state index is 14.6. The minimum absolute atomic E-state index is 0.290. The highest BCUT2D eigenvalue weighted by Gasteiger charge is 2.56. The summed E-state index contributed by atoms with van der Waals surface area (Å²) >= 11 is 0. The lowest BCUT2D eigenvalue weighted by Gasteiger charge is -2.20. The number of benzene rings is 2. The van der Waals surface area contributed by atoms with E-state index in [1.165, 1.54) is 12.1 Å². The molecule has 5 nitrogen and oxygen atoms in total. The molecule has 1 aliphatic heterocycles. The second kappa shape index (κ2) is 8.19. The molecule has 0 radical (unpaired) electrons. The van der Waals surface area contributed by atoms with E-state index in [-0.39, 0.29) is 11.7 Å².